The maximum atomic E-state index is 14.9. The lowest BCUT2D eigenvalue weighted by atomic mass is 9.77. The van der Waals surface area contributed by atoms with Crippen molar-refractivity contribution in [1.29, 1.82) is 5.41 Å². The summed E-state index contributed by atoms with van der Waals surface area (Å²) in [5.41, 5.74) is 17.2. The lowest BCUT2D eigenvalue weighted by Gasteiger charge is -2.36. The summed E-state index contributed by atoms with van der Waals surface area (Å²) >= 11 is 5.50. The fraction of sp³-hybridized carbons (Fsp3) is 0.476. The van der Waals surface area contributed by atoms with E-state index in [4.69, 9.17) is 53.8 Å². The zero-order valence-corrected chi connectivity index (χ0v) is 73.4. The molecule has 8 rings (SSSR count). The molecule has 4 aliphatic heterocycles. The van der Waals surface area contributed by atoms with Crippen LogP contribution in [0.3, 0.4) is 0 Å². The van der Waals surface area contributed by atoms with Crippen LogP contribution in [0.5, 0.6) is 23.0 Å². The number of amides is 15. The molecule has 1 spiro atoms. The van der Waals surface area contributed by atoms with Crippen molar-refractivity contribution < 1.29 is 131 Å². The molecular weight excluding hydrogens is 1750 g/mol. The molecule has 0 radical (unpaired) electrons. The number of carbonyl (C=O) groups is 18. The summed E-state index contributed by atoms with van der Waals surface area (Å²) in [6.07, 6.45) is -5.08. The first kappa shape index (κ1) is 103. The summed E-state index contributed by atoms with van der Waals surface area (Å²) in [6, 6.07) is 1.55. The maximum absolute atomic E-state index is 14.9. The number of likely N-dealkylation sites (tertiary alicyclic amines) is 1. The Hall–Kier alpha value is -14.4. The first-order valence-electron chi connectivity index (χ1n) is 42.1. The molecule has 47 nitrogen and oxygen atoms in total. The fourth-order valence-corrected chi connectivity index (χ4v) is 14.8. The number of fused-ring (bicyclic) bond motifs is 6. The van der Waals surface area contributed by atoms with Gasteiger partial charge in [-0.3, -0.25) is 86.9 Å². The highest BCUT2D eigenvalue weighted by molar-refractivity contribution is 7.80. The Kier molecular flexibility index (Phi) is 37.7. The number of esters is 1. The number of nitrogens with one attached hydrogen (secondary N) is 16. The van der Waals surface area contributed by atoms with Crippen molar-refractivity contribution in [3.63, 3.8) is 0 Å². The topological polar surface area (TPSA) is 731 Å². The van der Waals surface area contributed by atoms with Gasteiger partial charge in [0.2, 0.25) is 88.6 Å². The Morgan fingerprint density at radius 3 is 1.86 bits per heavy atom. The van der Waals surface area contributed by atoms with Crippen LogP contribution in [0.25, 0.3) is 0 Å². The number of hydrogen-bond donors (Lipinski definition) is 24. The zero-order valence-electron chi connectivity index (χ0n) is 72.6. The number of ether oxygens (including phenoxy) is 4. The van der Waals surface area contributed by atoms with Crippen molar-refractivity contribution in [3.8, 4) is 23.0 Å². The van der Waals surface area contributed by atoms with Gasteiger partial charge in [-0.1, -0.05) is 64.1 Å². The molecule has 0 aromatic heterocycles. The summed E-state index contributed by atoms with van der Waals surface area (Å²) in [4.78, 5) is 247. The normalized spacial score (nSPS) is 18.5. The third-order valence-electron chi connectivity index (χ3n) is 21.4. The molecule has 4 aromatic rings. The summed E-state index contributed by atoms with van der Waals surface area (Å²) in [7, 11) is 0. The van der Waals surface area contributed by atoms with Gasteiger partial charge in [-0.2, -0.15) is 0 Å². The van der Waals surface area contributed by atoms with Crippen LogP contribution in [-0.4, -0.2) is 280 Å². The van der Waals surface area contributed by atoms with Crippen LogP contribution in [0.2, 0.25) is 0 Å². The van der Waals surface area contributed by atoms with E-state index in [1.54, 1.807) is 88.4 Å². The summed E-state index contributed by atoms with van der Waals surface area (Å²) in [5, 5.41) is 95.2. The van der Waals surface area contributed by atoms with Crippen molar-refractivity contribution in [2.45, 2.75) is 183 Å². The van der Waals surface area contributed by atoms with Gasteiger partial charge >= 0.3 is 17.9 Å². The molecule has 0 saturated carbocycles. The van der Waals surface area contributed by atoms with Crippen LogP contribution in [0.1, 0.15) is 131 Å². The number of hydrogen-bond acceptors (Lipinski definition) is 27. The number of nitrogens with two attached hydrogens (primary N) is 3. The molecular formula is C84H110N20O27S. The van der Waals surface area contributed by atoms with Crippen LogP contribution in [0.15, 0.2) is 84.9 Å². The number of guanidine groups is 1. The number of carbonyl (C=O) groups excluding carboxylic acids is 16. The highest BCUT2D eigenvalue weighted by Gasteiger charge is 2.54. The number of aliphatic hydroxyl groups is 1. The third-order valence-corrected chi connectivity index (χ3v) is 21.6. The van der Waals surface area contributed by atoms with Gasteiger partial charge in [0, 0.05) is 73.5 Å². The van der Waals surface area contributed by atoms with Crippen LogP contribution in [-0.2, 0) is 108 Å². The number of anilines is 1. The van der Waals surface area contributed by atoms with Gasteiger partial charge in [0.15, 0.2) is 16.7 Å². The molecule has 714 valence electrons. The Balaban J connectivity index is 0.869. The Morgan fingerprint density at radius 1 is 0.629 bits per heavy atom. The average Bonchev–Trinajstić information content (AvgIpc) is 1.53. The number of benzene rings is 4. The van der Waals surface area contributed by atoms with Gasteiger partial charge < -0.3 is 146 Å². The predicted octanol–water partition coefficient (Wildman–Crippen LogP) is -5.25. The number of aliphatic carboxylic acids is 2. The number of aliphatic hydroxyl groups excluding tert-OH is 1. The van der Waals surface area contributed by atoms with Gasteiger partial charge in [-0.15, -0.1) is 0 Å². The van der Waals surface area contributed by atoms with E-state index in [9.17, 15) is 112 Å². The first-order chi connectivity index (χ1) is 62.6. The largest absolute Gasteiger partial charge is 0.508 e. The zero-order chi connectivity index (χ0) is 97.0. The van der Waals surface area contributed by atoms with Crippen LogP contribution in [0, 0.1) is 17.2 Å². The van der Waals surface area contributed by atoms with Gasteiger partial charge in [0.1, 0.15) is 102 Å². The molecule has 27 N–H and O–H groups in total. The molecule has 0 unspecified atom stereocenters. The predicted molar refractivity (Wildman–Crippen MR) is 466 cm³/mol. The number of primary amides is 2. The van der Waals surface area contributed by atoms with Gasteiger partial charge in [0.25, 0.3) is 0 Å². The number of carboxylic acid groups (broad SMARTS) is 2. The summed E-state index contributed by atoms with van der Waals surface area (Å²) in [5.74, 6) is -21.6. The number of nitrogens with zero attached hydrogens (tertiary/aromatic N) is 1. The molecule has 4 aromatic carbocycles. The molecule has 12 atom stereocenters. The van der Waals surface area contributed by atoms with E-state index in [1.807, 2.05) is 5.32 Å². The molecule has 132 heavy (non-hydrogen) atoms. The fourth-order valence-electron chi connectivity index (χ4n) is 14.6. The van der Waals surface area contributed by atoms with Crippen LogP contribution < -0.4 is 102 Å². The van der Waals surface area contributed by atoms with E-state index in [2.05, 4.69) is 74.4 Å². The lowest BCUT2D eigenvalue weighted by Crippen LogP contribution is -2.62. The molecule has 48 heteroatoms. The lowest BCUT2D eigenvalue weighted by molar-refractivity contribution is -0.143. The maximum Gasteiger partial charge on any atom is 0.340 e. The van der Waals surface area contributed by atoms with E-state index in [0.29, 0.717) is 27.9 Å². The quantitative estimate of drug-likeness (QED) is 0.00648. The summed E-state index contributed by atoms with van der Waals surface area (Å²) < 4.78 is 23.2. The van der Waals surface area contributed by atoms with E-state index in [1.165, 1.54) is 24.3 Å². The highest BCUT2D eigenvalue weighted by Crippen LogP contribution is 2.57. The standard InChI is InChI=1S/C84H110N20O27S/c1-40(2)67(102-73(119)51(13-9-24-90-82(87)88)95-77(123)58(38-105)94-64(110)39-129-30-29-128-28-26-91-83(132)93-44-15-18-48-47(32-44)81(127)131-84(48)49-19-16-45(106)33-60(49)130-61-34-46(107)17-20-50(61)84)79(125)103-68(41(3)4)80(126)104-27-10-14-59(104)78(124)97-53-23-25-89-63(109)35-56(76(122)101-57(37-66(113)114)74(120)92-42(5)70(116)98-54(69(86)115)36-65(111)112)100-75(121)55(31-43-11-7-6-8-12-43)99-71(117)52(96-72(53)118)21-22-62(85)108/h6-8,11-12,15-20,32-34,40-42,51-59,67-68,105-107H,9-10,13-14,21-31,35-39H2,1-5H3,(H2,85,108)(H2,86,115)(H,89,109)(H,92,120)(H,94,110)(H,95,123)(H,96,118)(H,97,124)(H,98,116)(H,99,117)(H,100,121)(H,101,122)(H,102,119)(H,103,125)(H,111,112)(H,113,114)(H4,87,88,90)(H2,91,93,132)/t42-,51-,52-,53-,54-,55-,56-,57-,58-,59-,67-,68-/m0/s1. The second kappa shape index (κ2) is 48.3. The van der Waals surface area contributed by atoms with Gasteiger partial charge in [0.05, 0.1) is 51.3 Å². The smallest absolute Gasteiger partial charge is 0.340 e. The molecule has 0 bridgehead atoms. The Labute approximate surface area is 760 Å². The molecule has 0 aliphatic carbocycles. The van der Waals surface area contributed by atoms with Crippen molar-refractivity contribution in [1.82, 2.24) is 79.3 Å². The monoisotopic (exact) mass is 1860 g/mol. The number of carboxylic acids is 2. The minimum atomic E-state index is -2.09. The van der Waals surface area contributed by atoms with E-state index < -0.39 is 261 Å². The van der Waals surface area contributed by atoms with Gasteiger partial charge in [-0.25, -0.2) is 4.79 Å². The Bertz CT molecular complexity index is 4950. The second-order valence-corrected chi connectivity index (χ2v) is 32.5. The molecule has 2 fully saturated rings. The second-order valence-electron chi connectivity index (χ2n) is 32.1. The Morgan fingerprint density at radius 2 is 1.23 bits per heavy atom. The van der Waals surface area contributed by atoms with Crippen LogP contribution in [0.4, 0.5) is 5.69 Å². The number of thiocarbonyl (C=S) groups is 1. The number of aromatic hydroxyl groups is 2. The van der Waals surface area contributed by atoms with Gasteiger partial charge in [-0.05, 0) is 111 Å². The average molecular weight is 1860 g/mol. The van der Waals surface area contributed by atoms with Crippen molar-refractivity contribution >= 4 is 135 Å². The molecule has 4 aliphatic rings. The third kappa shape index (κ3) is 29.0. The SMILES string of the molecule is CC(C)[C@H](NC(=O)[C@H](CCCNC(=N)N)NC(=O)[C@H](CO)NC(=O)COCCOCCNC(=S)Nc1ccc2c(c1)C(=O)OC21c2ccc(O)cc2Oc2cc(O)ccc21)C(=O)N[C@H](C(=O)N1CCC[C@H]1C(=O)N[C@H]1CCNC(=O)C[C@@H](C(=O)N[C@@H](CC(=O)O)C(=O)N[C@@H](C)C(=O)N[C@@H](CC(=O)O)C(N)=O)NC(=O)[C@H](Cc2ccccc2)NC(=O)[C@H](CCC(N)=O)NC1=O)C(C)C. The molecule has 2 saturated heterocycles. The minimum Gasteiger partial charge on any atom is -0.508 e. The number of phenolic OH excluding ortho intramolecular Hbond substituents is 2. The summed E-state index contributed by atoms with van der Waals surface area (Å²) in [6.45, 7) is 5.28. The van der Waals surface area contributed by atoms with Crippen molar-refractivity contribution in [2.75, 3.05) is 64.5 Å². The van der Waals surface area contributed by atoms with E-state index in [0.717, 1.165) is 11.8 Å². The number of phenols is 2. The van der Waals surface area contributed by atoms with Crippen LogP contribution >= 0.6 is 12.2 Å². The number of rotatable bonds is 42. The van der Waals surface area contributed by atoms with E-state index in [-0.39, 0.29) is 105 Å². The van der Waals surface area contributed by atoms with Crippen molar-refractivity contribution in [3.05, 3.63) is 113 Å². The van der Waals surface area contributed by atoms with Crippen molar-refractivity contribution in [2.24, 2.45) is 29.0 Å². The minimum absolute atomic E-state index is 0.0178. The van der Waals surface area contributed by atoms with E-state index >= 15 is 0 Å². The highest BCUT2D eigenvalue weighted by atomic mass is 32.1. The molecule has 4 heterocycles. The first-order valence-corrected chi connectivity index (χ1v) is 42.6. The molecule has 15 amide bonds.